The molecule has 0 saturated carbocycles. The molecule has 0 atom stereocenters. The highest BCUT2D eigenvalue weighted by atomic mass is 35.5. The first-order valence-corrected chi connectivity index (χ1v) is 8.08. The van der Waals surface area contributed by atoms with Crippen molar-refractivity contribution in [3.63, 3.8) is 0 Å². The van der Waals surface area contributed by atoms with E-state index in [9.17, 15) is 9.59 Å². The van der Waals surface area contributed by atoms with Gasteiger partial charge in [-0.25, -0.2) is 4.79 Å². The summed E-state index contributed by atoms with van der Waals surface area (Å²) in [6.45, 7) is -0.344. The molecule has 0 spiro atoms. The number of fused-ring (bicyclic) bond motifs is 1. The van der Waals surface area contributed by atoms with E-state index in [0.29, 0.717) is 10.8 Å². The molecule has 0 amide bonds. The third-order valence-corrected chi connectivity index (χ3v) is 3.86. The smallest absolute Gasteiger partial charge is 0.351 e. The Balaban J connectivity index is 1.56. The van der Waals surface area contributed by atoms with Crippen molar-refractivity contribution in [2.75, 3.05) is 6.61 Å². The van der Waals surface area contributed by atoms with E-state index in [2.05, 4.69) is 0 Å². The van der Waals surface area contributed by atoms with Crippen LogP contribution in [0.15, 0.2) is 66.7 Å². The van der Waals surface area contributed by atoms with Gasteiger partial charge < -0.3 is 9.47 Å². The normalized spacial score (nSPS) is 10.4. The van der Waals surface area contributed by atoms with E-state index < -0.39 is 11.9 Å². The number of carbonyl (C=O) groups excluding carboxylic acids is 2. The molecule has 0 radical (unpaired) electrons. The molecule has 0 bridgehead atoms. The average Bonchev–Trinajstić information content (AvgIpc) is 2.61. The molecule has 0 N–H and O–H groups in total. The summed E-state index contributed by atoms with van der Waals surface area (Å²) >= 11 is 5.77. The molecule has 0 heterocycles. The first-order chi connectivity index (χ1) is 12.1. The highest BCUT2D eigenvalue weighted by Gasteiger charge is 2.13. The minimum atomic E-state index is -0.736. The van der Waals surface area contributed by atoms with Gasteiger partial charge in [0.15, 0.2) is 6.61 Å². The Labute approximate surface area is 149 Å². The number of hydrogen-bond donors (Lipinski definition) is 0. The van der Waals surface area contributed by atoms with Crippen molar-refractivity contribution in [3.05, 3.63) is 77.3 Å². The van der Waals surface area contributed by atoms with Crippen molar-refractivity contribution in [1.29, 1.82) is 0 Å². The second-order valence-corrected chi connectivity index (χ2v) is 5.84. The van der Waals surface area contributed by atoms with E-state index in [-0.39, 0.29) is 13.0 Å². The SMILES string of the molecule is O=C(COc1ccc(Cl)cc1)OC(=O)Cc1cccc2ccccc12. The molecule has 0 unspecified atom stereocenters. The summed E-state index contributed by atoms with van der Waals surface area (Å²) in [5.41, 5.74) is 0.814. The fraction of sp³-hybridized carbons (Fsp3) is 0.100. The van der Waals surface area contributed by atoms with Gasteiger partial charge in [0, 0.05) is 5.02 Å². The molecule has 25 heavy (non-hydrogen) atoms. The number of rotatable bonds is 5. The molecule has 4 nitrogen and oxygen atoms in total. The summed E-state index contributed by atoms with van der Waals surface area (Å²) in [6.07, 6.45) is 0.0219. The summed E-state index contributed by atoms with van der Waals surface area (Å²) in [5, 5.41) is 2.57. The summed E-state index contributed by atoms with van der Waals surface area (Å²) in [7, 11) is 0. The zero-order valence-electron chi connectivity index (χ0n) is 13.3. The molecule has 0 aliphatic carbocycles. The predicted molar refractivity (Wildman–Crippen MR) is 95.7 cm³/mol. The fourth-order valence-corrected chi connectivity index (χ4v) is 2.59. The quantitative estimate of drug-likeness (QED) is 0.509. The topological polar surface area (TPSA) is 52.6 Å². The first kappa shape index (κ1) is 17.0. The van der Waals surface area contributed by atoms with E-state index in [1.54, 1.807) is 24.3 Å². The minimum absolute atomic E-state index is 0.0219. The van der Waals surface area contributed by atoms with Crippen LogP contribution in [-0.4, -0.2) is 18.5 Å². The number of benzene rings is 3. The van der Waals surface area contributed by atoms with Gasteiger partial charge in [0.05, 0.1) is 6.42 Å². The highest BCUT2D eigenvalue weighted by Crippen LogP contribution is 2.19. The monoisotopic (exact) mass is 354 g/mol. The minimum Gasteiger partial charge on any atom is -0.482 e. The van der Waals surface area contributed by atoms with Crippen molar-refractivity contribution < 1.29 is 19.1 Å². The van der Waals surface area contributed by atoms with E-state index in [1.165, 1.54) is 0 Å². The van der Waals surface area contributed by atoms with E-state index >= 15 is 0 Å². The molecule has 0 fully saturated rings. The summed E-state index contributed by atoms with van der Waals surface area (Å²) in [6, 6.07) is 20.0. The lowest BCUT2D eigenvalue weighted by molar-refractivity contribution is -0.160. The summed E-state index contributed by atoms with van der Waals surface area (Å²) < 4.78 is 10.1. The number of halogens is 1. The molecular formula is C20H15ClO4. The third kappa shape index (κ3) is 4.58. The van der Waals surface area contributed by atoms with Crippen molar-refractivity contribution >= 4 is 34.3 Å². The average molecular weight is 355 g/mol. The maximum Gasteiger partial charge on any atom is 0.351 e. The van der Waals surface area contributed by atoms with Gasteiger partial charge in [-0.2, -0.15) is 0 Å². The molecule has 0 saturated heterocycles. The van der Waals surface area contributed by atoms with Crippen LogP contribution in [0.2, 0.25) is 5.02 Å². The number of carbonyl (C=O) groups is 2. The lowest BCUT2D eigenvalue weighted by Gasteiger charge is -2.07. The van der Waals surface area contributed by atoms with Crippen LogP contribution in [-0.2, 0) is 20.7 Å². The van der Waals surface area contributed by atoms with Gasteiger partial charge in [-0.1, -0.05) is 54.1 Å². The van der Waals surface area contributed by atoms with Gasteiger partial charge in [0.25, 0.3) is 0 Å². The number of hydrogen-bond acceptors (Lipinski definition) is 4. The molecule has 0 aliphatic rings. The molecule has 5 heteroatoms. The molecule has 3 aromatic rings. The lowest BCUT2D eigenvalue weighted by atomic mass is 10.0. The number of esters is 2. The largest absolute Gasteiger partial charge is 0.482 e. The first-order valence-electron chi connectivity index (χ1n) is 7.70. The van der Waals surface area contributed by atoms with Crippen LogP contribution in [0.3, 0.4) is 0 Å². The highest BCUT2D eigenvalue weighted by molar-refractivity contribution is 6.30. The van der Waals surface area contributed by atoms with Gasteiger partial charge in [-0.3, -0.25) is 4.79 Å². The Bertz CT molecular complexity index is 898. The predicted octanol–water partition coefficient (Wildman–Crippen LogP) is 4.18. The summed E-state index contributed by atoms with van der Waals surface area (Å²) in [4.78, 5) is 23.8. The standard InChI is InChI=1S/C20H15ClO4/c21-16-8-10-17(11-9-16)24-13-20(23)25-19(22)12-15-6-3-5-14-4-1-2-7-18(14)15/h1-11H,12-13H2. The lowest BCUT2D eigenvalue weighted by Crippen LogP contribution is -2.20. The van der Waals surface area contributed by atoms with Crippen LogP contribution in [0.25, 0.3) is 10.8 Å². The molecular weight excluding hydrogens is 340 g/mol. The van der Waals surface area contributed by atoms with Crippen LogP contribution in [0.4, 0.5) is 0 Å². The van der Waals surface area contributed by atoms with E-state index in [1.807, 2.05) is 42.5 Å². The van der Waals surface area contributed by atoms with Crippen molar-refractivity contribution in [2.24, 2.45) is 0 Å². The molecule has 126 valence electrons. The Morgan fingerprint density at radius 3 is 2.36 bits per heavy atom. The molecule has 3 rings (SSSR count). The van der Waals surface area contributed by atoms with Crippen LogP contribution < -0.4 is 4.74 Å². The molecule has 0 aliphatic heterocycles. The summed E-state index contributed by atoms with van der Waals surface area (Å²) in [5.74, 6) is -0.871. The van der Waals surface area contributed by atoms with Crippen LogP contribution in [0.5, 0.6) is 5.75 Å². The Morgan fingerprint density at radius 2 is 1.56 bits per heavy atom. The van der Waals surface area contributed by atoms with Crippen molar-refractivity contribution in [3.8, 4) is 5.75 Å². The van der Waals surface area contributed by atoms with E-state index in [4.69, 9.17) is 21.1 Å². The maximum absolute atomic E-state index is 12.0. The zero-order chi connectivity index (χ0) is 17.6. The molecule has 3 aromatic carbocycles. The Kier molecular flexibility index (Phi) is 5.31. The van der Waals surface area contributed by atoms with Gasteiger partial charge in [-0.15, -0.1) is 0 Å². The fourth-order valence-electron chi connectivity index (χ4n) is 2.47. The number of ether oxygens (including phenoxy) is 2. The molecule has 0 aromatic heterocycles. The Morgan fingerprint density at radius 1 is 0.840 bits per heavy atom. The van der Waals surface area contributed by atoms with Gasteiger partial charge in [-0.05, 0) is 40.6 Å². The third-order valence-electron chi connectivity index (χ3n) is 3.61. The zero-order valence-corrected chi connectivity index (χ0v) is 14.0. The van der Waals surface area contributed by atoms with Crippen LogP contribution in [0, 0.1) is 0 Å². The van der Waals surface area contributed by atoms with Gasteiger partial charge >= 0.3 is 11.9 Å². The van der Waals surface area contributed by atoms with E-state index in [0.717, 1.165) is 16.3 Å². The second kappa shape index (κ2) is 7.81. The van der Waals surface area contributed by atoms with Crippen molar-refractivity contribution in [1.82, 2.24) is 0 Å². The van der Waals surface area contributed by atoms with Crippen LogP contribution in [0.1, 0.15) is 5.56 Å². The Hall–Kier alpha value is -2.85. The van der Waals surface area contributed by atoms with Crippen molar-refractivity contribution in [2.45, 2.75) is 6.42 Å². The van der Waals surface area contributed by atoms with Gasteiger partial charge in [0.2, 0.25) is 0 Å². The van der Waals surface area contributed by atoms with Crippen LogP contribution >= 0.6 is 11.6 Å². The maximum atomic E-state index is 12.0. The second-order valence-electron chi connectivity index (χ2n) is 5.40. The van der Waals surface area contributed by atoms with Gasteiger partial charge in [0.1, 0.15) is 5.75 Å².